The number of piperidine rings is 1. The second-order valence-corrected chi connectivity index (χ2v) is 8.98. The van der Waals surface area contributed by atoms with Gasteiger partial charge in [0.05, 0.1) is 6.33 Å². The average Bonchev–Trinajstić information content (AvgIpc) is 3.31. The van der Waals surface area contributed by atoms with Crippen LogP contribution in [0.15, 0.2) is 34.4 Å². The molecular weight excluding hydrogens is 360 g/mol. The number of anilines is 1. The molecule has 0 radical (unpaired) electrons. The van der Waals surface area contributed by atoms with E-state index >= 15 is 0 Å². The number of thiophene rings is 1. The fourth-order valence-electron chi connectivity index (χ4n) is 3.13. The first kappa shape index (κ1) is 16.4. The van der Waals surface area contributed by atoms with Crippen LogP contribution in [0.2, 0.25) is 0 Å². The zero-order valence-electron chi connectivity index (χ0n) is 13.4. The van der Waals surface area contributed by atoms with Crippen molar-refractivity contribution in [1.29, 1.82) is 0 Å². The van der Waals surface area contributed by atoms with Crippen molar-refractivity contribution in [1.82, 2.24) is 24.7 Å². The molecule has 0 saturated carbocycles. The van der Waals surface area contributed by atoms with Crippen molar-refractivity contribution < 1.29 is 8.42 Å². The third kappa shape index (κ3) is 3.37. The van der Waals surface area contributed by atoms with Crippen molar-refractivity contribution in [3.05, 3.63) is 30.2 Å². The molecule has 1 aliphatic heterocycles. The lowest BCUT2D eigenvalue weighted by Crippen LogP contribution is -2.41. The van der Waals surface area contributed by atoms with Gasteiger partial charge >= 0.3 is 0 Å². The molecule has 1 saturated heterocycles. The second-order valence-electron chi connectivity index (χ2n) is 6.04. The standard InChI is InChI=1S/C15H18N6O2S2/c22-25(23,12-4-2-6-24-12)20-7-11-3-1-5-21(8-11)15-13-14(17-9-16-13)18-10-19-15/h2,4,6,9-11,20H,1,3,5,7-8H2,(H,16,17,18,19). The van der Waals surface area contributed by atoms with E-state index in [-0.39, 0.29) is 5.92 Å². The first-order valence-electron chi connectivity index (χ1n) is 8.06. The summed E-state index contributed by atoms with van der Waals surface area (Å²) in [6.07, 6.45) is 5.10. The van der Waals surface area contributed by atoms with Gasteiger partial charge in [0.15, 0.2) is 11.5 Å². The Labute approximate surface area is 149 Å². The van der Waals surface area contributed by atoms with Gasteiger partial charge in [-0.05, 0) is 30.2 Å². The summed E-state index contributed by atoms with van der Waals surface area (Å²) in [7, 11) is -3.42. The Kier molecular flexibility index (Phi) is 4.40. The number of aromatic nitrogens is 4. The van der Waals surface area contributed by atoms with E-state index in [0.717, 1.165) is 37.3 Å². The Balaban J connectivity index is 1.46. The summed E-state index contributed by atoms with van der Waals surface area (Å²) in [6, 6.07) is 3.36. The number of imidazole rings is 1. The highest BCUT2D eigenvalue weighted by atomic mass is 32.2. The highest BCUT2D eigenvalue weighted by Crippen LogP contribution is 2.26. The van der Waals surface area contributed by atoms with Gasteiger partial charge in [0, 0.05) is 19.6 Å². The topological polar surface area (TPSA) is 104 Å². The van der Waals surface area contributed by atoms with Crippen molar-refractivity contribution in [2.75, 3.05) is 24.5 Å². The van der Waals surface area contributed by atoms with Gasteiger partial charge in [-0.15, -0.1) is 11.3 Å². The minimum atomic E-state index is -3.42. The van der Waals surface area contributed by atoms with E-state index in [1.54, 1.807) is 23.8 Å². The Hall–Kier alpha value is -2.04. The lowest BCUT2D eigenvalue weighted by molar-refractivity contribution is 0.410. The monoisotopic (exact) mass is 378 g/mol. The normalized spacial score (nSPS) is 18.7. The number of nitrogens with zero attached hydrogens (tertiary/aromatic N) is 4. The van der Waals surface area contributed by atoms with Crippen LogP contribution in [0.25, 0.3) is 11.2 Å². The van der Waals surface area contributed by atoms with Crippen LogP contribution in [-0.2, 0) is 10.0 Å². The molecule has 1 aliphatic rings. The van der Waals surface area contributed by atoms with Crippen LogP contribution in [0.5, 0.6) is 0 Å². The molecule has 0 spiro atoms. The molecule has 1 unspecified atom stereocenters. The summed E-state index contributed by atoms with van der Waals surface area (Å²) in [6.45, 7) is 2.06. The fraction of sp³-hybridized carbons (Fsp3) is 0.400. The SMILES string of the molecule is O=S(=O)(NCC1CCCN(c2ncnc3nc[nH]c23)C1)c1cccs1. The molecule has 0 amide bonds. The number of hydrogen-bond donors (Lipinski definition) is 2. The largest absolute Gasteiger partial charge is 0.354 e. The van der Waals surface area contributed by atoms with Gasteiger partial charge in [0.2, 0.25) is 10.0 Å². The molecule has 132 valence electrons. The Morgan fingerprint density at radius 3 is 3.12 bits per heavy atom. The van der Waals surface area contributed by atoms with E-state index in [9.17, 15) is 8.42 Å². The molecular formula is C15H18N6O2S2. The van der Waals surface area contributed by atoms with Crippen LogP contribution in [0, 0.1) is 5.92 Å². The zero-order valence-corrected chi connectivity index (χ0v) is 15.1. The summed E-state index contributed by atoms with van der Waals surface area (Å²) in [5.74, 6) is 1.06. The van der Waals surface area contributed by atoms with Crippen LogP contribution in [0.3, 0.4) is 0 Å². The van der Waals surface area contributed by atoms with Gasteiger partial charge in [-0.1, -0.05) is 6.07 Å². The van der Waals surface area contributed by atoms with Crippen LogP contribution < -0.4 is 9.62 Å². The molecule has 0 aliphatic carbocycles. The molecule has 4 rings (SSSR count). The van der Waals surface area contributed by atoms with Crippen LogP contribution in [0.1, 0.15) is 12.8 Å². The van der Waals surface area contributed by atoms with Crippen molar-refractivity contribution in [2.45, 2.75) is 17.1 Å². The molecule has 25 heavy (non-hydrogen) atoms. The van der Waals surface area contributed by atoms with Crippen molar-refractivity contribution >= 4 is 38.3 Å². The predicted octanol–water partition coefficient (Wildman–Crippen LogP) is 1.61. The van der Waals surface area contributed by atoms with Crippen molar-refractivity contribution in [3.63, 3.8) is 0 Å². The quantitative estimate of drug-likeness (QED) is 0.699. The second kappa shape index (κ2) is 6.70. The Bertz CT molecular complexity index is 953. The maximum absolute atomic E-state index is 12.3. The highest BCUT2D eigenvalue weighted by molar-refractivity contribution is 7.91. The fourth-order valence-corrected chi connectivity index (χ4v) is 5.28. The van der Waals surface area contributed by atoms with Gasteiger partial charge in [-0.3, -0.25) is 0 Å². The van der Waals surface area contributed by atoms with Crippen molar-refractivity contribution in [3.8, 4) is 0 Å². The molecule has 1 atom stereocenters. The van der Waals surface area contributed by atoms with Gasteiger partial charge in [0.1, 0.15) is 16.1 Å². The van der Waals surface area contributed by atoms with Crippen LogP contribution in [-0.4, -0.2) is 48.0 Å². The average molecular weight is 378 g/mol. The molecule has 0 aromatic carbocycles. The van der Waals surface area contributed by atoms with E-state index in [1.165, 1.54) is 17.7 Å². The number of fused-ring (bicyclic) bond motifs is 1. The van der Waals surface area contributed by atoms with Crippen LogP contribution in [0.4, 0.5) is 5.82 Å². The Morgan fingerprint density at radius 1 is 1.36 bits per heavy atom. The van der Waals surface area contributed by atoms with Gasteiger partial charge < -0.3 is 9.88 Å². The zero-order chi connectivity index (χ0) is 17.3. The lowest BCUT2D eigenvalue weighted by atomic mass is 9.98. The van der Waals surface area contributed by atoms with E-state index in [1.807, 2.05) is 0 Å². The molecule has 4 heterocycles. The molecule has 2 N–H and O–H groups in total. The third-order valence-corrected chi connectivity index (χ3v) is 7.16. The predicted molar refractivity (Wildman–Crippen MR) is 96.1 cm³/mol. The first-order valence-corrected chi connectivity index (χ1v) is 10.4. The minimum Gasteiger partial charge on any atom is -0.354 e. The summed E-state index contributed by atoms with van der Waals surface area (Å²) < 4.78 is 27.7. The molecule has 0 bridgehead atoms. The van der Waals surface area contributed by atoms with E-state index < -0.39 is 10.0 Å². The smallest absolute Gasteiger partial charge is 0.250 e. The summed E-state index contributed by atoms with van der Waals surface area (Å²) >= 11 is 1.23. The number of sulfonamides is 1. The Morgan fingerprint density at radius 2 is 2.28 bits per heavy atom. The number of aromatic amines is 1. The summed E-state index contributed by atoms with van der Waals surface area (Å²) in [5, 5.41) is 1.77. The maximum Gasteiger partial charge on any atom is 0.250 e. The van der Waals surface area contributed by atoms with E-state index in [0.29, 0.717) is 16.4 Å². The number of nitrogens with one attached hydrogen (secondary N) is 2. The van der Waals surface area contributed by atoms with E-state index in [4.69, 9.17) is 0 Å². The number of H-pyrrole nitrogens is 1. The van der Waals surface area contributed by atoms with E-state index in [2.05, 4.69) is 29.6 Å². The number of hydrogen-bond acceptors (Lipinski definition) is 7. The lowest BCUT2D eigenvalue weighted by Gasteiger charge is -2.33. The van der Waals surface area contributed by atoms with Gasteiger partial charge in [-0.25, -0.2) is 28.1 Å². The molecule has 3 aromatic heterocycles. The molecule has 8 nitrogen and oxygen atoms in total. The number of rotatable bonds is 5. The summed E-state index contributed by atoms with van der Waals surface area (Å²) in [5.41, 5.74) is 1.47. The minimum absolute atomic E-state index is 0.233. The highest BCUT2D eigenvalue weighted by Gasteiger charge is 2.25. The van der Waals surface area contributed by atoms with Gasteiger partial charge in [0.25, 0.3) is 0 Å². The molecule has 3 aromatic rings. The first-order chi connectivity index (χ1) is 12.1. The molecule has 10 heteroatoms. The molecule has 1 fully saturated rings. The van der Waals surface area contributed by atoms with Crippen molar-refractivity contribution in [2.24, 2.45) is 5.92 Å². The van der Waals surface area contributed by atoms with Gasteiger partial charge in [-0.2, -0.15) is 0 Å². The van der Waals surface area contributed by atoms with Crippen LogP contribution >= 0.6 is 11.3 Å². The maximum atomic E-state index is 12.3. The summed E-state index contributed by atoms with van der Waals surface area (Å²) in [4.78, 5) is 18.0. The third-order valence-electron chi connectivity index (χ3n) is 4.34.